The molecule has 3 nitrogen and oxygen atoms in total. The van der Waals surface area contributed by atoms with Gasteiger partial charge in [-0.2, -0.15) is 5.26 Å². The van der Waals surface area contributed by atoms with Crippen molar-refractivity contribution in [2.75, 3.05) is 7.05 Å². The summed E-state index contributed by atoms with van der Waals surface area (Å²) in [4.78, 5) is 13.5. The van der Waals surface area contributed by atoms with Crippen LogP contribution in [0.4, 0.5) is 0 Å². The SMILES string of the molecule is CN(Cc1cccc(C#N)c1)C(=O)C1CC1. The number of carbonyl (C=O) groups is 1. The van der Waals surface area contributed by atoms with Gasteiger partial charge in [0.2, 0.25) is 5.91 Å². The van der Waals surface area contributed by atoms with Gasteiger partial charge in [-0.05, 0) is 30.5 Å². The molecule has 2 rings (SSSR count). The average Bonchev–Trinajstić information content (AvgIpc) is 3.12. The maximum absolute atomic E-state index is 11.7. The fourth-order valence-electron chi connectivity index (χ4n) is 1.73. The molecule has 0 radical (unpaired) electrons. The third-order valence-corrected chi connectivity index (χ3v) is 2.78. The van der Waals surface area contributed by atoms with E-state index < -0.39 is 0 Å². The lowest BCUT2D eigenvalue weighted by Crippen LogP contribution is -2.27. The Labute approximate surface area is 95.3 Å². The predicted octanol–water partition coefficient (Wildman–Crippen LogP) is 1.93. The Hall–Kier alpha value is -1.82. The Morgan fingerprint density at radius 3 is 2.94 bits per heavy atom. The summed E-state index contributed by atoms with van der Waals surface area (Å²) in [6.45, 7) is 0.588. The van der Waals surface area contributed by atoms with Crippen LogP contribution in [0.2, 0.25) is 0 Å². The van der Waals surface area contributed by atoms with Crippen molar-refractivity contribution >= 4 is 5.91 Å². The van der Waals surface area contributed by atoms with Crippen molar-refractivity contribution in [1.29, 1.82) is 5.26 Å². The quantitative estimate of drug-likeness (QED) is 0.771. The van der Waals surface area contributed by atoms with Crippen molar-refractivity contribution in [3.05, 3.63) is 35.4 Å². The molecule has 1 aliphatic carbocycles. The first-order valence-corrected chi connectivity index (χ1v) is 5.44. The summed E-state index contributed by atoms with van der Waals surface area (Å²) >= 11 is 0. The third kappa shape index (κ3) is 2.40. The first-order valence-electron chi connectivity index (χ1n) is 5.44. The number of hydrogen-bond acceptors (Lipinski definition) is 2. The van der Waals surface area contributed by atoms with Gasteiger partial charge in [0.05, 0.1) is 11.6 Å². The van der Waals surface area contributed by atoms with E-state index in [1.165, 1.54) is 0 Å². The largest absolute Gasteiger partial charge is 0.341 e. The molecule has 1 aliphatic rings. The van der Waals surface area contributed by atoms with Crippen LogP contribution in [0.15, 0.2) is 24.3 Å². The molecule has 1 saturated carbocycles. The zero-order chi connectivity index (χ0) is 11.5. The molecule has 0 heterocycles. The second-order valence-corrected chi connectivity index (χ2v) is 4.28. The number of nitriles is 1. The van der Waals surface area contributed by atoms with E-state index in [-0.39, 0.29) is 11.8 Å². The van der Waals surface area contributed by atoms with Gasteiger partial charge in [0.1, 0.15) is 0 Å². The van der Waals surface area contributed by atoms with Gasteiger partial charge in [0.25, 0.3) is 0 Å². The second kappa shape index (κ2) is 4.36. The molecule has 1 fully saturated rings. The number of nitrogens with zero attached hydrogens (tertiary/aromatic N) is 2. The molecule has 0 spiro atoms. The van der Waals surface area contributed by atoms with Crippen LogP contribution >= 0.6 is 0 Å². The Morgan fingerprint density at radius 1 is 1.56 bits per heavy atom. The summed E-state index contributed by atoms with van der Waals surface area (Å²) in [5.41, 5.74) is 1.65. The highest BCUT2D eigenvalue weighted by Gasteiger charge is 2.31. The Bertz CT molecular complexity index is 443. The minimum absolute atomic E-state index is 0.224. The van der Waals surface area contributed by atoms with Crippen molar-refractivity contribution in [2.24, 2.45) is 5.92 Å². The molecule has 1 amide bonds. The maximum Gasteiger partial charge on any atom is 0.225 e. The van der Waals surface area contributed by atoms with E-state index in [9.17, 15) is 4.79 Å². The zero-order valence-corrected chi connectivity index (χ0v) is 9.31. The maximum atomic E-state index is 11.7. The third-order valence-electron chi connectivity index (χ3n) is 2.78. The van der Waals surface area contributed by atoms with Crippen LogP contribution in [-0.4, -0.2) is 17.9 Å². The molecule has 82 valence electrons. The normalized spacial score (nSPS) is 14.2. The van der Waals surface area contributed by atoms with Gasteiger partial charge < -0.3 is 4.90 Å². The fourth-order valence-corrected chi connectivity index (χ4v) is 1.73. The number of hydrogen-bond donors (Lipinski definition) is 0. The molecule has 1 aromatic rings. The van der Waals surface area contributed by atoms with Crippen molar-refractivity contribution in [2.45, 2.75) is 19.4 Å². The number of benzene rings is 1. The van der Waals surface area contributed by atoms with Crippen molar-refractivity contribution in [1.82, 2.24) is 4.90 Å². The van der Waals surface area contributed by atoms with Crippen molar-refractivity contribution in [3.63, 3.8) is 0 Å². The molecule has 1 aromatic carbocycles. The summed E-state index contributed by atoms with van der Waals surface area (Å²) in [7, 11) is 1.82. The van der Waals surface area contributed by atoms with Gasteiger partial charge in [0.15, 0.2) is 0 Å². The van der Waals surface area contributed by atoms with E-state index in [0.29, 0.717) is 12.1 Å². The van der Waals surface area contributed by atoms with Crippen LogP contribution < -0.4 is 0 Å². The highest BCUT2D eigenvalue weighted by molar-refractivity contribution is 5.80. The lowest BCUT2D eigenvalue weighted by Gasteiger charge is -2.16. The van der Waals surface area contributed by atoms with E-state index in [1.807, 2.05) is 25.2 Å². The van der Waals surface area contributed by atoms with Crippen LogP contribution in [0.3, 0.4) is 0 Å². The lowest BCUT2D eigenvalue weighted by molar-refractivity contribution is -0.131. The molecule has 3 heteroatoms. The number of rotatable bonds is 3. The van der Waals surface area contributed by atoms with E-state index in [4.69, 9.17) is 5.26 Å². The standard InChI is InChI=1S/C13H14N2O/c1-15(13(16)12-5-6-12)9-11-4-2-3-10(7-11)8-14/h2-4,7,12H,5-6,9H2,1H3. The summed E-state index contributed by atoms with van der Waals surface area (Å²) in [6, 6.07) is 9.49. The average molecular weight is 214 g/mol. The van der Waals surface area contributed by atoms with Gasteiger partial charge in [-0.3, -0.25) is 4.79 Å². The van der Waals surface area contributed by atoms with Gasteiger partial charge >= 0.3 is 0 Å². The first-order chi connectivity index (χ1) is 7.70. The van der Waals surface area contributed by atoms with Crippen LogP contribution in [0.1, 0.15) is 24.0 Å². The molecule has 0 unspecified atom stereocenters. The smallest absolute Gasteiger partial charge is 0.225 e. The van der Waals surface area contributed by atoms with Gasteiger partial charge in [-0.1, -0.05) is 12.1 Å². The molecule has 0 aromatic heterocycles. The minimum Gasteiger partial charge on any atom is -0.341 e. The van der Waals surface area contributed by atoms with E-state index in [2.05, 4.69) is 6.07 Å². The van der Waals surface area contributed by atoms with Crippen molar-refractivity contribution < 1.29 is 4.79 Å². The first kappa shape index (κ1) is 10.7. The fraction of sp³-hybridized carbons (Fsp3) is 0.385. The molecule has 0 atom stereocenters. The predicted molar refractivity (Wildman–Crippen MR) is 60.4 cm³/mol. The molecule has 0 N–H and O–H groups in total. The molecule has 0 saturated heterocycles. The Morgan fingerprint density at radius 2 is 2.31 bits per heavy atom. The summed E-state index contributed by atoms with van der Waals surface area (Å²) in [5.74, 6) is 0.478. The molecule has 0 aliphatic heterocycles. The summed E-state index contributed by atoms with van der Waals surface area (Å²) < 4.78 is 0. The zero-order valence-electron chi connectivity index (χ0n) is 9.31. The highest BCUT2D eigenvalue weighted by Crippen LogP contribution is 2.30. The Balaban J connectivity index is 2.02. The second-order valence-electron chi connectivity index (χ2n) is 4.28. The van der Waals surface area contributed by atoms with E-state index in [0.717, 1.165) is 18.4 Å². The van der Waals surface area contributed by atoms with Crippen LogP contribution in [-0.2, 0) is 11.3 Å². The topological polar surface area (TPSA) is 44.1 Å². The minimum atomic E-state index is 0.224. The van der Waals surface area contributed by atoms with Crippen LogP contribution in [0.25, 0.3) is 0 Å². The lowest BCUT2D eigenvalue weighted by atomic mass is 10.1. The van der Waals surface area contributed by atoms with E-state index in [1.54, 1.807) is 11.0 Å². The van der Waals surface area contributed by atoms with Crippen LogP contribution in [0.5, 0.6) is 0 Å². The molecule has 16 heavy (non-hydrogen) atoms. The van der Waals surface area contributed by atoms with Gasteiger partial charge in [-0.25, -0.2) is 0 Å². The molecular weight excluding hydrogens is 200 g/mol. The van der Waals surface area contributed by atoms with Crippen LogP contribution in [0, 0.1) is 17.2 Å². The highest BCUT2D eigenvalue weighted by atomic mass is 16.2. The van der Waals surface area contributed by atoms with Gasteiger partial charge in [-0.15, -0.1) is 0 Å². The van der Waals surface area contributed by atoms with E-state index >= 15 is 0 Å². The van der Waals surface area contributed by atoms with Gasteiger partial charge in [0, 0.05) is 19.5 Å². The monoisotopic (exact) mass is 214 g/mol. The summed E-state index contributed by atoms with van der Waals surface area (Å²) in [5, 5.41) is 8.77. The number of amides is 1. The number of carbonyl (C=O) groups excluding carboxylic acids is 1. The van der Waals surface area contributed by atoms with Crippen molar-refractivity contribution in [3.8, 4) is 6.07 Å². The molecular formula is C13H14N2O. The molecule has 0 bridgehead atoms. The Kier molecular flexibility index (Phi) is 2.91. The summed E-state index contributed by atoms with van der Waals surface area (Å²) in [6.07, 6.45) is 2.06.